The zero-order chi connectivity index (χ0) is 8.48. The number of aliphatic hydroxyl groups is 1. The molecule has 0 bridgehead atoms. The van der Waals surface area contributed by atoms with E-state index in [1.54, 1.807) is 0 Å². The van der Waals surface area contributed by atoms with Gasteiger partial charge in [0, 0.05) is 5.41 Å². The Morgan fingerprint density at radius 1 is 1.18 bits per heavy atom. The molecular weight excluding hydrogens is 144 g/mol. The molecule has 1 heterocycles. The molecule has 0 aromatic carbocycles. The summed E-state index contributed by atoms with van der Waals surface area (Å²) in [5, 5.41) is 9.04. The van der Waals surface area contributed by atoms with Crippen LogP contribution in [0.2, 0.25) is 0 Å². The van der Waals surface area contributed by atoms with Crippen molar-refractivity contribution in [2.24, 2.45) is 5.41 Å². The van der Waals surface area contributed by atoms with Gasteiger partial charge in [0.15, 0.2) is 6.29 Å². The average molecular weight is 160 g/mol. The topological polar surface area (TPSA) is 38.7 Å². The lowest BCUT2D eigenvalue weighted by atomic mass is 9.95. The highest BCUT2D eigenvalue weighted by Crippen LogP contribution is 2.25. The van der Waals surface area contributed by atoms with Crippen molar-refractivity contribution in [2.45, 2.75) is 33.2 Å². The summed E-state index contributed by atoms with van der Waals surface area (Å²) in [7, 11) is 0. The highest BCUT2D eigenvalue weighted by molar-refractivity contribution is 4.71. The van der Waals surface area contributed by atoms with E-state index in [0.717, 1.165) is 0 Å². The van der Waals surface area contributed by atoms with Gasteiger partial charge in [-0.15, -0.1) is 0 Å². The maximum atomic E-state index is 9.04. The predicted octanol–water partition coefficient (Wildman–Crippen LogP) is 0.766. The van der Waals surface area contributed by atoms with Crippen LogP contribution >= 0.6 is 0 Å². The van der Waals surface area contributed by atoms with Crippen LogP contribution in [-0.2, 0) is 9.47 Å². The molecule has 0 aromatic rings. The first kappa shape index (κ1) is 8.97. The lowest BCUT2D eigenvalue weighted by Crippen LogP contribution is -2.42. The molecule has 0 radical (unpaired) electrons. The van der Waals surface area contributed by atoms with Crippen LogP contribution in [0.15, 0.2) is 0 Å². The van der Waals surface area contributed by atoms with Gasteiger partial charge < -0.3 is 14.6 Å². The van der Waals surface area contributed by atoms with E-state index in [1.165, 1.54) is 0 Å². The standard InChI is InChI=1S/C8H16O3/c1-8(2,3)7-10-4-6(9)5-11-7/h6-7,9H,4-5H2,1-3H3. The highest BCUT2D eigenvalue weighted by atomic mass is 16.7. The van der Waals surface area contributed by atoms with Crippen LogP contribution in [0.25, 0.3) is 0 Å². The van der Waals surface area contributed by atoms with E-state index >= 15 is 0 Å². The van der Waals surface area contributed by atoms with Crippen LogP contribution in [0.4, 0.5) is 0 Å². The van der Waals surface area contributed by atoms with Crippen LogP contribution in [0.3, 0.4) is 0 Å². The Balaban J connectivity index is 2.39. The smallest absolute Gasteiger partial charge is 0.162 e. The summed E-state index contributed by atoms with van der Waals surface area (Å²) in [5.74, 6) is 0. The first-order valence-corrected chi connectivity index (χ1v) is 3.91. The van der Waals surface area contributed by atoms with Crippen LogP contribution in [0.1, 0.15) is 20.8 Å². The molecule has 66 valence electrons. The largest absolute Gasteiger partial charge is 0.388 e. The Labute approximate surface area is 67.3 Å². The minimum absolute atomic E-state index is 0.000139. The number of rotatable bonds is 0. The summed E-state index contributed by atoms with van der Waals surface area (Å²) in [4.78, 5) is 0. The molecule has 1 fully saturated rings. The quantitative estimate of drug-likeness (QED) is 0.568. The van der Waals surface area contributed by atoms with Gasteiger partial charge >= 0.3 is 0 Å². The molecule has 0 aliphatic carbocycles. The van der Waals surface area contributed by atoms with Gasteiger partial charge in [-0.1, -0.05) is 20.8 Å². The molecule has 11 heavy (non-hydrogen) atoms. The van der Waals surface area contributed by atoms with Crippen LogP contribution < -0.4 is 0 Å². The summed E-state index contributed by atoms with van der Waals surface area (Å²) < 4.78 is 10.6. The third-order valence-electron chi connectivity index (χ3n) is 1.59. The van der Waals surface area contributed by atoms with Crippen molar-refractivity contribution in [2.75, 3.05) is 13.2 Å². The number of aliphatic hydroxyl groups excluding tert-OH is 1. The predicted molar refractivity (Wildman–Crippen MR) is 41.2 cm³/mol. The molecule has 0 amide bonds. The highest BCUT2D eigenvalue weighted by Gasteiger charge is 2.30. The van der Waals surface area contributed by atoms with E-state index in [4.69, 9.17) is 14.6 Å². The molecule has 0 unspecified atom stereocenters. The Morgan fingerprint density at radius 2 is 1.64 bits per heavy atom. The molecule has 0 spiro atoms. The van der Waals surface area contributed by atoms with Gasteiger partial charge in [0.25, 0.3) is 0 Å². The fraction of sp³-hybridized carbons (Fsp3) is 1.00. The van der Waals surface area contributed by atoms with Gasteiger partial charge in [0.1, 0.15) is 6.10 Å². The lowest BCUT2D eigenvalue weighted by Gasteiger charge is -2.35. The number of hydrogen-bond donors (Lipinski definition) is 1. The van der Waals surface area contributed by atoms with E-state index in [-0.39, 0.29) is 11.7 Å². The summed E-state index contributed by atoms with van der Waals surface area (Å²) in [6.07, 6.45) is -0.625. The van der Waals surface area contributed by atoms with Gasteiger partial charge in [0.05, 0.1) is 13.2 Å². The van der Waals surface area contributed by atoms with Gasteiger partial charge in [-0.25, -0.2) is 0 Å². The zero-order valence-corrected chi connectivity index (χ0v) is 7.33. The van der Waals surface area contributed by atoms with Gasteiger partial charge in [-0.05, 0) is 0 Å². The molecular formula is C8H16O3. The third kappa shape index (κ3) is 2.43. The fourth-order valence-corrected chi connectivity index (χ4v) is 0.993. The van der Waals surface area contributed by atoms with Crippen molar-refractivity contribution in [3.63, 3.8) is 0 Å². The van der Waals surface area contributed by atoms with Crippen LogP contribution in [-0.4, -0.2) is 30.7 Å². The molecule has 0 atom stereocenters. The molecule has 1 aliphatic heterocycles. The van der Waals surface area contributed by atoms with Crippen LogP contribution in [0.5, 0.6) is 0 Å². The second kappa shape index (κ2) is 3.09. The SMILES string of the molecule is CC(C)(C)C1OCC(O)CO1. The van der Waals surface area contributed by atoms with Crippen molar-refractivity contribution >= 4 is 0 Å². The molecule has 0 aromatic heterocycles. The molecule has 0 saturated carbocycles. The number of hydrogen-bond acceptors (Lipinski definition) is 3. The van der Waals surface area contributed by atoms with Gasteiger partial charge in [0.2, 0.25) is 0 Å². The van der Waals surface area contributed by atoms with Crippen molar-refractivity contribution < 1.29 is 14.6 Å². The Bertz CT molecular complexity index is 120. The average Bonchev–Trinajstić information content (AvgIpc) is 1.86. The van der Waals surface area contributed by atoms with Crippen molar-refractivity contribution in [3.05, 3.63) is 0 Å². The summed E-state index contributed by atoms with van der Waals surface area (Å²) in [5.41, 5.74) is 0.000139. The summed E-state index contributed by atoms with van der Waals surface area (Å²) in [6, 6.07) is 0. The van der Waals surface area contributed by atoms with Gasteiger partial charge in [-0.3, -0.25) is 0 Å². The van der Waals surface area contributed by atoms with Crippen molar-refractivity contribution in [1.29, 1.82) is 0 Å². The maximum Gasteiger partial charge on any atom is 0.162 e. The minimum Gasteiger partial charge on any atom is -0.388 e. The molecule has 1 rings (SSSR count). The second-order valence-electron chi connectivity index (χ2n) is 4.02. The van der Waals surface area contributed by atoms with Crippen molar-refractivity contribution in [3.8, 4) is 0 Å². The maximum absolute atomic E-state index is 9.04. The first-order chi connectivity index (χ1) is 5.00. The fourth-order valence-electron chi connectivity index (χ4n) is 0.993. The lowest BCUT2D eigenvalue weighted by molar-refractivity contribution is -0.253. The normalized spacial score (nSPS) is 33.8. The van der Waals surface area contributed by atoms with E-state index in [9.17, 15) is 0 Å². The Hall–Kier alpha value is -0.120. The summed E-state index contributed by atoms with van der Waals surface area (Å²) >= 11 is 0. The third-order valence-corrected chi connectivity index (χ3v) is 1.59. The molecule has 1 N–H and O–H groups in total. The van der Waals surface area contributed by atoms with Gasteiger partial charge in [-0.2, -0.15) is 0 Å². The zero-order valence-electron chi connectivity index (χ0n) is 7.33. The molecule has 3 nitrogen and oxygen atoms in total. The second-order valence-corrected chi connectivity index (χ2v) is 4.02. The molecule has 3 heteroatoms. The Kier molecular flexibility index (Phi) is 2.52. The monoisotopic (exact) mass is 160 g/mol. The van der Waals surface area contributed by atoms with Crippen molar-refractivity contribution in [1.82, 2.24) is 0 Å². The van der Waals surface area contributed by atoms with E-state index in [1.807, 2.05) is 0 Å². The number of ether oxygens (including phenoxy) is 2. The Morgan fingerprint density at radius 3 is 2.00 bits per heavy atom. The first-order valence-electron chi connectivity index (χ1n) is 3.91. The van der Waals surface area contributed by atoms with E-state index in [0.29, 0.717) is 13.2 Å². The minimum atomic E-state index is -0.450. The molecule has 1 saturated heterocycles. The van der Waals surface area contributed by atoms with Crippen LogP contribution in [0, 0.1) is 5.41 Å². The van der Waals surface area contributed by atoms with E-state index < -0.39 is 6.10 Å². The summed E-state index contributed by atoms with van der Waals surface area (Å²) in [6.45, 7) is 6.93. The molecule has 1 aliphatic rings. The van der Waals surface area contributed by atoms with E-state index in [2.05, 4.69) is 20.8 Å².